The first-order valence-electron chi connectivity index (χ1n) is 7.13. The van der Waals surface area contributed by atoms with Crippen molar-refractivity contribution >= 4 is 5.91 Å². The Bertz CT molecular complexity index is 427. The maximum Gasteiger partial charge on any atom is 0.237 e. The van der Waals surface area contributed by atoms with Crippen LogP contribution in [-0.2, 0) is 4.79 Å². The van der Waals surface area contributed by atoms with E-state index >= 15 is 0 Å². The molecule has 0 aliphatic carbocycles. The van der Waals surface area contributed by atoms with Crippen LogP contribution in [-0.4, -0.2) is 18.1 Å². The van der Waals surface area contributed by atoms with E-state index in [0.29, 0.717) is 0 Å². The molecule has 112 valence electrons. The van der Waals surface area contributed by atoms with E-state index in [2.05, 4.69) is 5.32 Å². The highest BCUT2D eigenvalue weighted by Crippen LogP contribution is 2.18. The van der Waals surface area contributed by atoms with E-state index in [4.69, 9.17) is 10.5 Å². The number of carbonyl (C=O) groups excluding carboxylic acids is 1. The molecule has 0 spiro atoms. The van der Waals surface area contributed by atoms with Gasteiger partial charge in [-0.05, 0) is 44.4 Å². The molecular formula is C16H26N2O2. The number of carbonyl (C=O) groups is 1. The third kappa shape index (κ3) is 4.85. The van der Waals surface area contributed by atoms with Crippen LogP contribution in [0.3, 0.4) is 0 Å². The van der Waals surface area contributed by atoms with E-state index in [9.17, 15) is 4.79 Å². The molecule has 1 aromatic carbocycles. The zero-order chi connectivity index (χ0) is 15.3. The molecule has 0 fully saturated rings. The van der Waals surface area contributed by atoms with E-state index in [-0.39, 0.29) is 24.0 Å². The Morgan fingerprint density at radius 1 is 1.10 bits per heavy atom. The van der Waals surface area contributed by atoms with Crippen LogP contribution < -0.4 is 15.8 Å². The number of ether oxygens (including phenoxy) is 1. The summed E-state index contributed by atoms with van der Waals surface area (Å²) < 4.78 is 5.59. The van der Waals surface area contributed by atoms with Gasteiger partial charge in [-0.25, -0.2) is 0 Å². The molecule has 1 rings (SSSR count). The molecule has 3 N–H and O–H groups in total. The molecule has 20 heavy (non-hydrogen) atoms. The Balaban J connectivity index is 2.63. The van der Waals surface area contributed by atoms with Crippen molar-refractivity contribution in [1.82, 2.24) is 5.32 Å². The normalized spacial score (nSPS) is 14.2. The van der Waals surface area contributed by atoms with E-state index < -0.39 is 6.04 Å². The molecule has 0 saturated heterocycles. The molecule has 0 bridgehead atoms. The molecule has 4 heteroatoms. The van der Waals surface area contributed by atoms with E-state index in [1.54, 1.807) is 0 Å². The standard InChI is InChI=1S/C16H26N2O2/c1-10(2)15(17)16(19)18-12(5)13-6-8-14(9-7-13)20-11(3)4/h6-12,15H,17H2,1-5H3,(H,18,19)/t12?,15-/m1/s1. The Morgan fingerprint density at radius 2 is 1.65 bits per heavy atom. The first-order chi connectivity index (χ1) is 9.31. The van der Waals surface area contributed by atoms with Crippen LogP contribution in [0.2, 0.25) is 0 Å². The minimum Gasteiger partial charge on any atom is -0.491 e. The zero-order valence-corrected chi connectivity index (χ0v) is 13.0. The predicted molar refractivity (Wildman–Crippen MR) is 81.6 cm³/mol. The summed E-state index contributed by atoms with van der Waals surface area (Å²) in [6, 6.07) is 7.22. The van der Waals surface area contributed by atoms with Gasteiger partial charge in [0.2, 0.25) is 5.91 Å². The maximum absolute atomic E-state index is 11.9. The van der Waals surface area contributed by atoms with Crippen molar-refractivity contribution in [3.8, 4) is 5.75 Å². The van der Waals surface area contributed by atoms with Crippen LogP contribution >= 0.6 is 0 Å². The molecule has 1 unspecified atom stereocenters. The van der Waals surface area contributed by atoms with Gasteiger partial charge in [-0.15, -0.1) is 0 Å². The van der Waals surface area contributed by atoms with Gasteiger partial charge in [-0.1, -0.05) is 26.0 Å². The maximum atomic E-state index is 11.9. The van der Waals surface area contributed by atoms with Crippen LogP contribution in [0, 0.1) is 5.92 Å². The second-order valence-corrected chi connectivity index (χ2v) is 5.74. The fourth-order valence-corrected chi connectivity index (χ4v) is 1.80. The van der Waals surface area contributed by atoms with Crippen molar-refractivity contribution in [3.05, 3.63) is 29.8 Å². The topological polar surface area (TPSA) is 64.3 Å². The van der Waals surface area contributed by atoms with Crippen molar-refractivity contribution in [3.63, 3.8) is 0 Å². The molecule has 1 amide bonds. The molecule has 0 aromatic heterocycles. The summed E-state index contributed by atoms with van der Waals surface area (Å²) in [6.07, 6.45) is 0.155. The number of hydrogen-bond acceptors (Lipinski definition) is 3. The lowest BCUT2D eigenvalue weighted by atomic mass is 10.0. The van der Waals surface area contributed by atoms with E-state index in [1.807, 2.05) is 58.9 Å². The summed E-state index contributed by atoms with van der Waals surface area (Å²) in [5.74, 6) is 0.847. The molecule has 2 atom stereocenters. The fourth-order valence-electron chi connectivity index (χ4n) is 1.80. The van der Waals surface area contributed by atoms with Crippen molar-refractivity contribution in [2.75, 3.05) is 0 Å². The van der Waals surface area contributed by atoms with Crippen molar-refractivity contribution < 1.29 is 9.53 Å². The molecular weight excluding hydrogens is 252 g/mol. The summed E-state index contributed by atoms with van der Waals surface area (Å²) in [4.78, 5) is 11.9. The number of hydrogen-bond donors (Lipinski definition) is 2. The monoisotopic (exact) mass is 278 g/mol. The molecule has 1 aromatic rings. The Labute approximate surface area is 121 Å². The number of benzene rings is 1. The minimum absolute atomic E-state index is 0.0691. The molecule has 0 aliphatic heterocycles. The second-order valence-electron chi connectivity index (χ2n) is 5.74. The summed E-state index contributed by atoms with van der Waals surface area (Å²) in [7, 11) is 0. The Kier molecular flexibility index (Phi) is 6.02. The fraction of sp³-hybridized carbons (Fsp3) is 0.562. The highest BCUT2D eigenvalue weighted by atomic mass is 16.5. The lowest BCUT2D eigenvalue weighted by Gasteiger charge is -2.20. The Hall–Kier alpha value is -1.55. The van der Waals surface area contributed by atoms with Crippen LogP contribution in [0.4, 0.5) is 0 Å². The number of nitrogens with two attached hydrogens (primary N) is 1. The molecule has 0 aliphatic rings. The van der Waals surface area contributed by atoms with Gasteiger partial charge in [-0.3, -0.25) is 4.79 Å². The quantitative estimate of drug-likeness (QED) is 0.840. The van der Waals surface area contributed by atoms with Crippen molar-refractivity contribution in [2.45, 2.75) is 52.8 Å². The van der Waals surface area contributed by atoms with Gasteiger partial charge in [0.25, 0.3) is 0 Å². The number of amides is 1. The first kappa shape index (κ1) is 16.5. The predicted octanol–water partition coefficient (Wildman–Crippen LogP) is 2.63. The lowest BCUT2D eigenvalue weighted by molar-refractivity contribution is -0.123. The van der Waals surface area contributed by atoms with Gasteiger partial charge >= 0.3 is 0 Å². The number of rotatable bonds is 6. The smallest absolute Gasteiger partial charge is 0.237 e. The molecule has 0 radical (unpaired) electrons. The zero-order valence-electron chi connectivity index (χ0n) is 13.0. The highest BCUT2D eigenvalue weighted by molar-refractivity contribution is 5.82. The van der Waals surface area contributed by atoms with E-state index in [0.717, 1.165) is 11.3 Å². The van der Waals surface area contributed by atoms with Crippen LogP contribution in [0.25, 0.3) is 0 Å². The SMILES string of the molecule is CC(C)Oc1ccc(C(C)NC(=O)[C@H](N)C(C)C)cc1. The van der Waals surface area contributed by atoms with Gasteiger partial charge in [0, 0.05) is 0 Å². The lowest BCUT2D eigenvalue weighted by Crippen LogP contribution is -2.44. The first-order valence-corrected chi connectivity index (χ1v) is 7.13. The summed E-state index contributed by atoms with van der Waals surface area (Å²) >= 11 is 0. The highest BCUT2D eigenvalue weighted by Gasteiger charge is 2.19. The van der Waals surface area contributed by atoms with Gasteiger partial charge in [-0.2, -0.15) is 0 Å². The summed E-state index contributed by atoms with van der Waals surface area (Å²) in [6.45, 7) is 9.80. The molecule has 0 saturated carbocycles. The second kappa shape index (κ2) is 7.29. The van der Waals surface area contributed by atoms with Crippen LogP contribution in [0.5, 0.6) is 5.75 Å². The average molecular weight is 278 g/mol. The third-order valence-electron chi connectivity index (χ3n) is 3.13. The van der Waals surface area contributed by atoms with Crippen molar-refractivity contribution in [2.24, 2.45) is 11.7 Å². The minimum atomic E-state index is -0.471. The Morgan fingerprint density at radius 3 is 2.10 bits per heavy atom. The molecule has 4 nitrogen and oxygen atoms in total. The van der Waals surface area contributed by atoms with Gasteiger partial charge in [0.15, 0.2) is 0 Å². The van der Waals surface area contributed by atoms with Crippen LogP contribution in [0.15, 0.2) is 24.3 Å². The average Bonchev–Trinajstić information content (AvgIpc) is 2.37. The van der Waals surface area contributed by atoms with Gasteiger partial charge in [0.05, 0.1) is 18.2 Å². The van der Waals surface area contributed by atoms with E-state index in [1.165, 1.54) is 0 Å². The summed E-state index contributed by atoms with van der Waals surface area (Å²) in [5, 5.41) is 2.93. The van der Waals surface area contributed by atoms with Crippen LogP contribution in [0.1, 0.15) is 46.2 Å². The largest absolute Gasteiger partial charge is 0.491 e. The number of nitrogens with one attached hydrogen (secondary N) is 1. The summed E-state index contributed by atoms with van der Waals surface area (Å²) in [5.41, 5.74) is 6.87. The third-order valence-corrected chi connectivity index (χ3v) is 3.13. The van der Waals surface area contributed by atoms with Gasteiger partial charge < -0.3 is 15.8 Å². The van der Waals surface area contributed by atoms with Crippen molar-refractivity contribution in [1.29, 1.82) is 0 Å². The van der Waals surface area contributed by atoms with Gasteiger partial charge in [0.1, 0.15) is 5.75 Å². The molecule has 0 heterocycles.